The summed E-state index contributed by atoms with van der Waals surface area (Å²) in [7, 11) is 0. The van der Waals surface area contributed by atoms with Crippen molar-refractivity contribution in [3.63, 3.8) is 0 Å². The monoisotopic (exact) mass is 279 g/mol. The van der Waals surface area contributed by atoms with Crippen molar-refractivity contribution in [3.8, 4) is 0 Å². The lowest BCUT2D eigenvalue weighted by molar-refractivity contribution is -0.0104. The molecule has 3 heteroatoms. The van der Waals surface area contributed by atoms with Crippen LogP contribution in [0.2, 0.25) is 0 Å². The maximum atomic E-state index is 10.6. The Balaban J connectivity index is 1.66. The minimum atomic E-state index is -0.482. The number of rotatable bonds is 7. The van der Waals surface area contributed by atoms with Gasteiger partial charge >= 0.3 is 0 Å². The number of aliphatic hydroxyl groups is 1. The molecule has 1 aromatic rings. The van der Waals surface area contributed by atoms with Gasteiger partial charge in [0.15, 0.2) is 0 Å². The van der Waals surface area contributed by atoms with Gasteiger partial charge in [-0.25, -0.2) is 0 Å². The Bertz CT molecular complexity index is 366. The van der Waals surface area contributed by atoms with Gasteiger partial charge in [-0.1, -0.05) is 13.3 Å². The highest BCUT2D eigenvalue weighted by Crippen LogP contribution is 2.33. The van der Waals surface area contributed by atoms with Crippen LogP contribution in [0, 0.1) is 5.92 Å². The van der Waals surface area contributed by atoms with E-state index in [0.29, 0.717) is 6.04 Å². The first-order valence-electron chi connectivity index (χ1n) is 8.09. The number of aryl methyl sites for hydroxylation is 1. The molecule has 1 atom stereocenters. The van der Waals surface area contributed by atoms with Crippen LogP contribution in [-0.2, 0) is 6.42 Å². The lowest BCUT2D eigenvalue weighted by Gasteiger charge is -2.36. The predicted molar refractivity (Wildman–Crippen MR) is 81.7 cm³/mol. The summed E-state index contributed by atoms with van der Waals surface area (Å²) in [6.45, 7) is 5.16. The summed E-state index contributed by atoms with van der Waals surface area (Å²) in [5.74, 6) is 1.87. The van der Waals surface area contributed by atoms with E-state index in [1.54, 1.807) is 6.26 Å². The smallest absolute Gasteiger partial charge is 0.103 e. The maximum absolute atomic E-state index is 10.6. The number of hydrogen-bond donors (Lipinski definition) is 2. The summed E-state index contributed by atoms with van der Waals surface area (Å²) in [6, 6.07) is 4.36. The summed E-state index contributed by atoms with van der Waals surface area (Å²) in [5.41, 5.74) is -0.482. The van der Waals surface area contributed by atoms with Crippen LogP contribution in [-0.4, -0.2) is 23.3 Å². The highest BCUT2D eigenvalue weighted by Gasteiger charge is 2.32. The van der Waals surface area contributed by atoms with Crippen LogP contribution in [0.1, 0.15) is 58.1 Å². The Hall–Kier alpha value is -0.800. The standard InChI is InChI=1S/C17H29NO2/c1-3-15-8-10-17(19,11-9-15)13-18-14(2)6-7-16-5-4-12-20-16/h4-5,12,14-15,18-19H,3,6-11,13H2,1-2H3. The zero-order valence-electron chi connectivity index (χ0n) is 12.9. The molecule has 1 heterocycles. The molecule has 2 rings (SSSR count). The van der Waals surface area contributed by atoms with Crippen molar-refractivity contribution in [2.75, 3.05) is 6.54 Å². The van der Waals surface area contributed by atoms with E-state index in [2.05, 4.69) is 19.2 Å². The van der Waals surface area contributed by atoms with E-state index < -0.39 is 5.60 Å². The molecule has 1 fully saturated rings. The molecule has 3 nitrogen and oxygen atoms in total. The van der Waals surface area contributed by atoms with Crippen LogP contribution in [0.25, 0.3) is 0 Å². The highest BCUT2D eigenvalue weighted by atomic mass is 16.3. The van der Waals surface area contributed by atoms with Crippen molar-refractivity contribution in [2.24, 2.45) is 5.92 Å². The van der Waals surface area contributed by atoms with Crippen molar-refractivity contribution in [2.45, 2.75) is 70.4 Å². The van der Waals surface area contributed by atoms with Crippen molar-refractivity contribution in [1.29, 1.82) is 0 Å². The lowest BCUT2D eigenvalue weighted by atomic mass is 9.78. The van der Waals surface area contributed by atoms with E-state index in [1.807, 2.05) is 12.1 Å². The second-order valence-corrected chi connectivity index (χ2v) is 6.48. The van der Waals surface area contributed by atoms with E-state index in [0.717, 1.165) is 43.9 Å². The predicted octanol–water partition coefficient (Wildman–Crippen LogP) is 3.52. The SMILES string of the molecule is CCC1CCC(O)(CNC(C)CCc2ccco2)CC1. The number of nitrogens with one attached hydrogen (secondary N) is 1. The van der Waals surface area contributed by atoms with Gasteiger partial charge in [0.25, 0.3) is 0 Å². The molecular weight excluding hydrogens is 250 g/mol. The normalized spacial score (nSPS) is 28.4. The molecule has 1 aliphatic rings. The van der Waals surface area contributed by atoms with Crippen LogP contribution in [0.4, 0.5) is 0 Å². The summed E-state index contributed by atoms with van der Waals surface area (Å²) in [6.07, 6.45) is 9.22. The fourth-order valence-electron chi connectivity index (χ4n) is 3.08. The van der Waals surface area contributed by atoms with Gasteiger partial charge in [0.2, 0.25) is 0 Å². The van der Waals surface area contributed by atoms with Gasteiger partial charge in [0.1, 0.15) is 5.76 Å². The molecular formula is C17H29NO2. The van der Waals surface area contributed by atoms with E-state index in [9.17, 15) is 5.11 Å². The lowest BCUT2D eigenvalue weighted by Crippen LogP contribution is -2.46. The van der Waals surface area contributed by atoms with Gasteiger partial charge in [-0.05, 0) is 57.1 Å². The fraction of sp³-hybridized carbons (Fsp3) is 0.765. The third-order valence-electron chi connectivity index (χ3n) is 4.80. The van der Waals surface area contributed by atoms with Gasteiger partial charge in [-0.15, -0.1) is 0 Å². The molecule has 0 aliphatic heterocycles. The largest absolute Gasteiger partial charge is 0.469 e. The summed E-state index contributed by atoms with van der Waals surface area (Å²) < 4.78 is 5.35. The Kier molecular flexibility index (Phi) is 5.67. The van der Waals surface area contributed by atoms with Gasteiger partial charge in [0, 0.05) is 19.0 Å². The van der Waals surface area contributed by atoms with Gasteiger partial charge in [-0.3, -0.25) is 0 Å². The third kappa shape index (κ3) is 4.64. The van der Waals surface area contributed by atoms with Crippen molar-refractivity contribution in [1.82, 2.24) is 5.32 Å². The zero-order valence-corrected chi connectivity index (χ0v) is 12.9. The van der Waals surface area contributed by atoms with E-state index in [1.165, 1.54) is 19.3 Å². The Morgan fingerprint density at radius 3 is 2.80 bits per heavy atom. The van der Waals surface area contributed by atoms with Gasteiger partial charge in [0.05, 0.1) is 11.9 Å². The zero-order chi connectivity index (χ0) is 14.4. The molecule has 20 heavy (non-hydrogen) atoms. The molecule has 0 bridgehead atoms. The summed E-state index contributed by atoms with van der Waals surface area (Å²) >= 11 is 0. The molecule has 0 amide bonds. The first kappa shape index (κ1) is 15.6. The minimum Gasteiger partial charge on any atom is -0.469 e. The van der Waals surface area contributed by atoms with E-state index in [4.69, 9.17) is 4.42 Å². The molecule has 2 N–H and O–H groups in total. The number of furan rings is 1. The fourth-order valence-corrected chi connectivity index (χ4v) is 3.08. The average molecular weight is 279 g/mol. The summed E-state index contributed by atoms with van der Waals surface area (Å²) in [5, 5.41) is 14.1. The second kappa shape index (κ2) is 7.28. The van der Waals surface area contributed by atoms with Crippen molar-refractivity contribution >= 4 is 0 Å². The quantitative estimate of drug-likeness (QED) is 0.802. The number of hydrogen-bond acceptors (Lipinski definition) is 3. The first-order chi connectivity index (χ1) is 9.61. The van der Waals surface area contributed by atoms with Crippen LogP contribution in [0.15, 0.2) is 22.8 Å². The molecule has 0 radical (unpaired) electrons. The van der Waals surface area contributed by atoms with Crippen molar-refractivity contribution in [3.05, 3.63) is 24.2 Å². The van der Waals surface area contributed by atoms with Crippen molar-refractivity contribution < 1.29 is 9.52 Å². The second-order valence-electron chi connectivity index (χ2n) is 6.48. The van der Waals surface area contributed by atoms with E-state index >= 15 is 0 Å². The average Bonchev–Trinajstić information content (AvgIpc) is 2.97. The molecule has 0 aromatic carbocycles. The Labute approximate surface area is 122 Å². The topological polar surface area (TPSA) is 45.4 Å². The molecule has 1 saturated carbocycles. The Morgan fingerprint density at radius 2 is 2.20 bits per heavy atom. The van der Waals surface area contributed by atoms with Crippen LogP contribution < -0.4 is 5.32 Å². The first-order valence-corrected chi connectivity index (χ1v) is 8.09. The molecule has 1 aromatic heterocycles. The Morgan fingerprint density at radius 1 is 1.45 bits per heavy atom. The van der Waals surface area contributed by atoms with Crippen LogP contribution in [0.5, 0.6) is 0 Å². The van der Waals surface area contributed by atoms with Crippen LogP contribution >= 0.6 is 0 Å². The maximum Gasteiger partial charge on any atom is 0.103 e. The highest BCUT2D eigenvalue weighted by molar-refractivity contribution is 4.98. The molecule has 0 spiro atoms. The molecule has 1 aliphatic carbocycles. The van der Waals surface area contributed by atoms with E-state index in [-0.39, 0.29) is 0 Å². The molecule has 0 saturated heterocycles. The molecule has 1 unspecified atom stereocenters. The van der Waals surface area contributed by atoms with Gasteiger partial charge in [-0.2, -0.15) is 0 Å². The minimum absolute atomic E-state index is 0.410. The molecule has 114 valence electrons. The third-order valence-corrected chi connectivity index (χ3v) is 4.80. The van der Waals surface area contributed by atoms with Gasteiger partial charge < -0.3 is 14.8 Å². The summed E-state index contributed by atoms with van der Waals surface area (Å²) in [4.78, 5) is 0. The van der Waals surface area contributed by atoms with Crippen LogP contribution in [0.3, 0.4) is 0 Å².